The molecule has 0 aromatic carbocycles. The molecular weight excluding hydrogens is 234 g/mol. The summed E-state index contributed by atoms with van der Waals surface area (Å²) in [5, 5.41) is 9.71. The van der Waals surface area contributed by atoms with Crippen molar-refractivity contribution in [2.75, 3.05) is 7.11 Å². The van der Waals surface area contributed by atoms with Crippen LogP contribution in [-0.2, 0) is 4.74 Å². The maximum Gasteiger partial charge on any atom is 0.122 e. The van der Waals surface area contributed by atoms with Gasteiger partial charge in [0.05, 0.1) is 11.8 Å². The molecule has 1 rings (SSSR count). The van der Waals surface area contributed by atoms with Crippen molar-refractivity contribution in [3.8, 4) is 0 Å². The minimum atomic E-state index is -0.678. The van der Waals surface area contributed by atoms with Crippen molar-refractivity contribution >= 4 is 15.9 Å². The molecule has 0 aliphatic carbocycles. The van der Waals surface area contributed by atoms with E-state index in [1.165, 1.54) is 0 Å². The molecule has 1 N–H and O–H groups in total. The maximum absolute atomic E-state index is 9.71. The molecule has 0 unspecified atom stereocenters. The monoisotopic (exact) mass is 245 g/mol. The molecule has 0 saturated heterocycles. The first-order chi connectivity index (χ1) is 6.15. The van der Waals surface area contributed by atoms with Gasteiger partial charge in [-0.05, 0) is 35.0 Å². The number of ether oxygens (including phenoxy) is 1. The highest BCUT2D eigenvalue weighted by atomic mass is 79.9. The van der Waals surface area contributed by atoms with Crippen molar-refractivity contribution in [2.45, 2.75) is 19.1 Å². The van der Waals surface area contributed by atoms with E-state index in [2.05, 4.69) is 20.9 Å². The van der Waals surface area contributed by atoms with Crippen LogP contribution < -0.4 is 0 Å². The minimum absolute atomic E-state index is 0.248. The summed E-state index contributed by atoms with van der Waals surface area (Å²) in [5.74, 6) is 0. The Hall–Kier alpha value is -0.450. The van der Waals surface area contributed by atoms with Gasteiger partial charge in [0.25, 0.3) is 0 Å². The zero-order chi connectivity index (χ0) is 9.84. The molecule has 0 radical (unpaired) electrons. The minimum Gasteiger partial charge on any atom is -0.384 e. The van der Waals surface area contributed by atoms with Gasteiger partial charge in [0.2, 0.25) is 0 Å². The van der Waals surface area contributed by atoms with Crippen LogP contribution in [0.5, 0.6) is 0 Å². The van der Waals surface area contributed by atoms with Gasteiger partial charge in [-0.15, -0.1) is 0 Å². The van der Waals surface area contributed by atoms with Crippen LogP contribution in [0.4, 0.5) is 0 Å². The summed E-state index contributed by atoms with van der Waals surface area (Å²) in [4.78, 5) is 4.13. The topological polar surface area (TPSA) is 42.4 Å². The van der Waals surface area contributed by atoms with Crippen LogP contribution >= 0.6 is 15.9 Å². The number of aliphatic hydroxyl groups is 1. The Kier molecular flexibility index (Phi) is 3.84. The molecular formula is C9H12BrNO2. The van der Waals surface area contributed by atoms with Crippen LogP contribution in [0.1, 0.15) is 18.7 Å². The van der Waals surface area contributed by atoms with E-state index in [9.17, 15) is 5.11 Å². The maximum atomic E-state index is 9.71. The van der Waals surface area contributed by atoms with Crippen LogP contribution in [0.15, 0.2) is 22.8 Å². The number of aliphatic hydroxyl groups excluding tert-OH is 1. The highest BCUT2D eigenvalue weighted by molar-refractivity contribution is 9.10. The van der Waals surface area contributed by atoms with E-state index in [0.29, 0.717) is 10.3 Å². The number of nitrogens with zero attached hydrogens (tertiary/aromatic N) is 1. The summed E-state index contributed by atoms with van der Waals surface area (Å²) in [7, 11) is 1.56. The Balaban J connectivity index is 2.82. The number of pyridine rings is 1. The molecule has 1 heterocycles. The van der Waals surface area contributed by atoms with Crippen molar-refractivity contribution in [3.05, 3.63) is 28.5 Å². The van der Waals surface area contributed by atoms with E-state index in [-0.39, 0.29) is 6.10 Å². The van der Waals surface area contributed by atoms with Crippen molar-refractivity contribution in [3.63, 3.8) is 0 Å². The molecule has 0 fully saturated rings. The van der Waals surface area contributed by atoms with E-state index in [1.807, 2.05) is 12.1 Å². The molecule has 3 nitrogen and oxygen atoms in total. The number of methoxy groups -OCH3 is 1. The zero-order valence-electron chi connectivity index (χ0n) is 7.57. The number of halogens is 1. The summed E-state index contributed by atoms with van der Waals surface area (Å²) >= 11 is 3.24. The van der Waals surface area contributed by atoms with E-state index in [0.717, 1.165) is 0 Å². The predicted molar refractivity (Wildman–Crippen MR) is 53.4 cm³/mol. The second-order valence-corrected chi connectivity index (χ2v) is 3.58. The molecule has 0 amide bonds. The lowest BCUT2D eigenvalue weighted by Crippen LogP contribution is -2.17. The van der Waals surface area contributed by atoms with E-state index < -0.39 is 6.10 Å². The molecule has 0 saturated carbocycles. The van der Waals surface area contributed by atoms with Gasteiger partial charge < -0.3 is 9.84 Å². The van der Waals surface area contributed by atoms with Crippen molar-refractivity contribution in [1.29, 1.82) is 0 Å². The summed E-state index contributed by atoms with van der Waals surface area (Å²) in [6.45, 7) is 1.80. The van der Waals surface area contributed by atoms with Crippen LogP contribution in [0.2, 0.25) is 0 Å². The zero-order valence-corrected chi connectivity index (χ0v) is 9.15. The molecule has 2 atom stereocenters. The second kappa shape index (κ2) is 4.69. The number of hydrogen-bond donors (Lipinski definition) is 1. The normalized spacial score (nSPS) is 15.4. The second-order valence-electron chi connectivity index (χ2n) is 2.77. The molecule has 1 aromatic rings. The predicted octanol–water partition coefficient (Wildman–Crippen LogP) is 1.91. The van der Waals surface area contributed by atoms with Crippen molar-refractivity contribution in [1.82, 2.24) is 4.98 Å². The Morgan fingerprint density at radius 1 is 1.54 bits per heavy atom. The molecule has 4 heteroatoms. The van der Waals surface area contributed by atoms with Gasteiger partial charge in [-0.1, -0.05) is 6.07 Å². The Labute approximate surface area is 85.9 Å². The van der Waals surface area contributed by atoms with Gasteiger partial charge in [-0.3, -0.25) is 0 Å². The summed E-state index contributed by atoms with van der Waals surface area (Å²) in [5.41, 5.74) is 0.615. The highest BCUT2D eigenvalue weighted by Crippen LogP contribution is 2.18. The average Bonchev–Trinajstić information content (AvgIpc) is 2.15. The Morgan fingerprint density at radius 2 is 2.23 bits per heavy atom. The first kappa shape index (κ1) is 10.6. The fraction of sp³-hybridized carbons (Fsp3) is 0.444. The van der Waals surface area contributed by atoms with Gasteiger partial charge >= 0.3 is 0 Å². The molecule has 1 aromatic heterocycles. The fourth-order valence-electron chi connectivity index (χ4n) is 0.958. The number of hydrogen-bond acceptors (Lipinski definition) is 3. The van der Waals surface area contributed by atoms with Crippen molar-refractivity contribution in [2.24, 2.45) is 0 Å². The third-order valence-electron chi connectivity index (χ3n) is 1.86. The Bertz CT molecular complexity index is 280. The first-order valence-electron chi connectivity index (χ1n) is 3.98. The lowest BCUT2D eigenvalue weighted by atomic mass is 10.1. The highest BCUT2D eigenvalue weighted by Gasteiger charge is 2.16. The number of aromatic nitrogens is 1. The van der Waals surface area contributed by atoms with Gasteiger partial charge in [0.1, 0.15) is 10.7 Å². The van der Waals surface area contributed by atoms with E-state index in [4.69, 9.17) is 4.74 Å². The summed E-state index contributed by atoms with van der Waals surface area (Å²) < 4.78 is 5.72. The summed E-state index contributed by atoms with van der Waals surface area (Å²) in [6, 6.07) is 5.41. The van der Waals surface area contributed by atoms with E-state index in [1.54, 1.807) is 20.1 Å². The van der Waals surface area contributed by atoms with Gasteiger partial charge in [-0.2, -0.15) is 0 Å². The molecule has 72 valence electrons. The third kappa shape index (κ3) is 2.76. The van der Waals surface area contributed by atoms with Crippen LogP contribution in [0, 0.1) is 0 Å². The fourth-order valence-corrected chi connectivity index (χ4v) is 1.32. The standard InChI is InChI=1S/C9H12BrNO2/c1-6(13-2)9(12)7-4-3-5-8(10)11-7/h3-6,9,12H,1-2H3/t6-,9-/m0/s1. The number of rotatable bonds is 3. The lowest BCUT2D eigenvalue weighted by molar-refractivity contribution is -0.00365. The quantitative estimate of drug-likeness (QED) is 0.828. The largest absolute Gasteiger partial charge is 0.384 e. The van der Waals surface area contributed by atoms with Gasteiger partial charge in [0, 0.05) is 7.11 Å². The lowest BCUT2D eigenvalue weighted by Gasteiger charge is -2.16. The van der Waals surface area contributed by atoms with Crippen LogP contribution in [-0.4, -0.2) is 23.3 Å². The van der Waals surface area contributed by atoms with Gasteiger partial charge in [-0.25, -0.2) is 4.98 Å². The Morgan fingerprint density at radius 3 is 2.77 bits per heavy atom. The van der Waals surface area contributed by atoms with Crippen LogP contribution in [0.3, 0.4) is 0 Å². The molecule has 0 aliphatic rings. The molecule has 0 bridgehead atoms. The third-order valence-corrected chi connectivity index (χ3v) is 2.30. The summed E-state index contributed by atoms with van der Waals surface area (Å²) in [6.07, 6.45) is -0.927. The molecule has 0 spiro atoms. The average molecular weight is 246 g/mol. The smallest absolute Gasteiger partial charge is 0.122 e. The van der Waals surface area contributed by atoms with Gasteiger partial charge in [0.15, 0.2) is 0 Å². The van der Waals surface area contributed by atoms with Crippen LogP contribution in [0.25, 0.3) is 0 Å². The molecule has 13 heavy (non-hydrogen) atoms. The SMILES string of the molecule is CO[C@@H](C)[C@H](O)c1cccc(Br)n1. The van der Waals surface area contributed by atoms with Crippen molar-refractivity contribution < 1.29 is 9.84 Å². The first-order valence-corrected chi connectivity index (χ1v) is 4.77. The molecule has 0 aliphatic heterocycles. The van der Waals surface area contributed by atoms with E-state index >= 15 is 0 Å².